The Balaban J connectivity index is 1.76. The number of sulfone groups is 1. The molecule has 1 aromatic heterocycles. The third-order valence-electron chi connectivity index (χ3n) is 4.82. The van der Waals surface area contributed by atoms with Crippen LogP contribution in [0.3, 0.4) is 0 Å². The Labute approximate surface area is 169 Å². The van der Waals surface area contributed by atoms with Crippen molar-refractivity contribution in [3.63, 3.8) is 0 Å². The van der Waals surface area contributed by atoms with Crippen molar-refractivity contribution in [1.82, 2.24) is 4.98 Å². The average molecular weight is 404 g/mol. The van der Waals surface area contributed by atoms with Gasteiger partial charge in [-0.3, -0.25) is 4.79 Å². The Bertz CT molecular complexity index is 1280. The van der Waals surface area contributed by atoms with E-state index in [1.54, 1.807) is 30.5 Å². The molecule has 29 heavy (non-hydrogen) atoms. The highest BCUT2D eigenvalue weighted by Gasteiger charge is 2.24. The molecule has 0 aliphatic heterocycles. The molecule has 0 aliphatic rings. The van der Waals surface area contributed by atoms with E-state index < -0.39 is 15.9 Å². The summed E-state index contributed by atoms with van der Waals surface area (Å²) < 4.78 is 23.8. The van der Waals surface area contributed by atoms with E-state index in [0.29, 0.717) is 11.3 Å². The summed E-state index contributed by atoms with van der Waals surface area (Å²) in [5.74, 6) is -0.0987. The Kier molecular flexibility index (Phi) is 4.94. The van der Waals surface area contributed by atoms with Gasteiger partial charge in [0.25, 0.3) is 0 Å². The molecule has 0 bridgehead atoms. The number of benzene rings is 3. The van der Waals surface area contributed by atoms with Crippen LogP contribution < -0.4 is 5.32 Å². The molecule has 0 spiro atoms. The van der Waals surface area contributed by atoms with E-state index in [9.17, 15) is 13.2 Å². The highest BCUT2D eigenvalue weighted by Crippen LogP contribution is 2.28. The van der Waals surface area contributed by atoms with Crippen LogP contribution >= 0.6 is 0 Å². The van der Waals surface area contributed by atoms with Crippen LogP contribution in [0.25, 0.3) is 10.9 Å². The summed E-state index contributed by atoms with van der Waals surface area (Å²) in [5.41, 5.74) is 2.84. The predicted octanol–water partition coefficient (Wildman–Crippen LogP) is 4.61. The number of aromatic amines is 1. The largest absolute Gasteiger partial charge is 0.371 e. The summed E-state index contributed by atoms with van der Waals surface area (Å²) in [6.45, 7) is 0. The number of hydrogen-bond acceptors (Lipinski definition) is 4. The molecule has 0 saturated carbocycles. The third-order valence-corrected chi connectivity index (χ3v) is 5.93. The maximum absolute atomic E-state index is 13.5. The van der Waals surface area contributed by atoms with Gasteiger partial charge in [-0.2, -0.15) is 0 Å². The van der Waals surface area contributed by atoms with Crippen molar-refractivity contribution in [3.05, 3.63) is 96.2 Å². The van der Waals surface area contributed by atoms with Gasteiger partial charge in [-0.05, 0) is 29.8 Å². The van der Waals surface area contributed by atoms with Crippen LogP contribution in [0.2, 0.25) is 0 Å². The zero-order valence-corrected chi connectivity index (χ0v) is 16.6. The third kappa shape index (κ3) is 3.93. The molecule has 4 aromatic rings. The highest BCUT2D eigenvalue weighted by molar-refractivity contribution is 7.90. The molecule has 0 saturated heterocycles. The number of ketones is 1. The number of carbonyl (C=O) groups is 1. The van der Waals surface area contributed by atoms with E-state index >= 15 is 0 Å². The predicted molar refractivity (Wildman–Crippen MR) is 115 cm³/mol. The maximum Gasteiger partial charge on any atom is 0.191 e. The fraction of sp³-hybridized carbons (Fsp3) is 0.0870. The number of nitrogens with one attached hydrogen (secondary N) is 2. The molecule has 146 valence electrons. The monoisotopic (exact) mass is 404 g/mol. The first-order valence-electron chi connectivity index (χ1n) is 9.15. The number of Topliss-reactive ketones (excluding diaryl/α,β-unsaturated/α-hetero) is 1. The fourth-order valence-corrected chi connectivity index (χ4v) is 4.03. The van der Waals surface area contributed by atoms with Crippen LogP contribution in [0.5, 0.6) is 0 Å². The first-order valence-corrected chi connectivity index (χ1v) is 11.0. The molecule has 5 nitrogen and oxygen atoms in total. The Hall–Kier alpha value is -3.38. The maximum atomic E-state index is 13.5. The minimum absolute atomic E-state index is 0.0987. The van der Waals surface area contributed by atoms with Crippen LogP contribution in [-0.2, 0) is 9.84 Å². The lowest BCUT2D eigenvalue weighted by Crippen LogP contribution is -2.21. The number of rotatable bonds is 6. The van der Waals surface area contributed by atoms with Crippen LogP contribution in [0.15, 0.2) is 90.0 Å². The van der Waals surface area contributed by atoms with Crippen molar-refractivity contribution < 1.29 is 13.2 Å². The summed E-state index contributed by atoms with van der Waals surface area (Å²) in [6, 6.07) is 22.9. The summed E-state index contributed by atoms with van der Waals surface area (Å²) in [6.07, 6.45) is 2.88. The molecule has 0 amide bonds. The first-order chi connectivity index (χ1) is 13.9. The van der Waals surface area contributed by atoms with Crippen molar-refractivity contribution in [3.8, 4) is 0 Å². The van der Waals surface area contributed by atoms with Gasteiger partial charge >= 0.3 is 0 Å². The molecule has 1 atom stereocenters. The van der Waals surface area contributed by atoms with E-state index in [1.807, 2.05) is 54.6 Å². The average Bonchev–Trinajstić information content (AvgIpc) is 3.16. The number of carbonyl (C=O) groups excluding carboxylic acids is 1. The van der Waals surface area contributed by atoms with E-state index in [1.165, 1.54) is 0 Å². The normalized spacial score (nSPS) is 12.6. The molecule has 1 unspecified atom stereocenters. The lowest BCUT2D eigenvalue weighted by atomic mass is 9.96. The molecule has 6 heteroatoms. The highest BCUT2D eigenvalue weighted by atomic mass is 32.2. The van der Waals surface area contributed by atoms with Crippen LogP contribution in [0, 0.1) is 0 Å². The SMILES string of the molecule is CS(=O)(=O)c1cccc(NC(C(=O)c2c[nH]c3ccccc23)c2ccccc2)c1. The second-order valence-corrected chi connectivity index (χ2v) is 8.92. The molecule has 1 heterocycles. The fourth-order valence-electron chi connectivity index (χ4n) is 3.36. The lowest BCUT2D eigenvalue weighted by Gasteiger charge is -2.19. The molecule has 0 fully saturated rings. The zero-order chi connectivity index (χ0) is 20.4. The van der Waals surface area contributed by atoms with Gasteiger partial charge in [0.15, 0.2) is 15.6 Å². The molecule has 0 aliphatic carbocycles. The quantitative estimate of drug-likeness (QED) is 0.460. The number of fused-ring (bicyclic) bond motifs is 1. The van der Waals surface area contributed by atoms with Crippen molar-refractivity contribution in [2.75, 3.05) is 11.6 Å². The molecular weight excluding hydrogens is 384 g/mol. The zero-order valence-electron chi connectivity index (χ0n) is 15.8. The first kappa shape index (κ1) is 19.0. The summed E-state index contributed by atoms with van der Waals surface area (Å²) in [5, 5.41) is 4.08. The second kappa shape index (κ2) is 7.56. The number of anilines is 1. The van der Waals surface area contributed by atoms with Crippen molar-refractivity contribution in [2.24, 2.45) is 0 Å². The van der Waals surface area contributed by atoms with Crippen LogP contribution in [0.1, 0.15) is 22.0 Å². The molecule has 0 radical (unpaired) electrons. The summed E-state index contributed by atoms with van der Waals surface area (Å²) >= 11 is 0. The minimum atomic E-state index is -3.35. The van der Waals surface area contributed by atoms with Crippen LogP contribution in [0.4, 0.5) is 5.69 Å². The van der Waals surface area contributed by atoms with E-state index in [2.05, 4.69) is 10.3 Å². The lowest BCUT2D eigenvalue weighted by molar-refractivity contribution is 0.0971. The van der Waals surface area contributed by atoms with Crippen LogP contribution in [-0.4, -0.2) is 25.4 Å². The number of hydrogen-bond donors (Lipinski definition) is 2. The summed E-state index contributed by atoms with van der Waals surface area (Å²) in [7, 11) is -3.35. The number of H-pyrrole nitrogens is 1. The van der Waals surface area contributed by atoms with Gasteiger partial charge in [-0.15, -0.1) is 0 Å². The van der Waals surface area contributed by atoms with Crippen molar-refractivity contribution >= 4 is 32.2 Å². The van der Waals surface area contributed by atoms with Gasteiger partial charge in [0, 0.05) is 34.6 Å². The smallest absolute Gasteiger partial charge is 0.191 e. The molecule has 3 aromatic carbocycles. The van der Waals surface area contributed by atoms with Crippen molar-refractivity contribution in [1.29, 1.82) is 0 Å². The Morgan fingerprint density at radius 1 is 0.931 bits per heavy atom. The topological polar surface area (TPSA) is 79.0 Å². The van der Waals surface area contributed by atoms with Gasteiger partial charge in [0.05, 0.1) is 4.90 Å². The van der Waals surface area contributed by atoms with Crippen molar-refractivity contribution in [2.45, 2.75) is 10.9 Å². The number of aromatic nitrogens is 1. The molecule has 4 rings (SSSR count). The van der Waals surface area contributed by atoms with Gasteiger partial charge < -0.3 is 10.3 Å². The van der Waals surface area contributed by atoms with Gasteiger partial charge in [0.1, 0.15) is 6.04 Å². The van der Waals surface area contributed by atoms with E-state index in [-0.39, 0.29) is 10.7 Å². The second-order valence-electron chi connectivity index (χ2n) is 6.90. The molecular formula is C23H20N2O3S. The van der Waals surface area contributed by atoms with E-state index in [4.69, 9.17) is 0 Å². The van der Waals surface area contributed by atoms with E-state index in [0.717, 1.165) is 22.7 Å². The minimum Gasteiger partial charge on any atom is -0.371 e. The van der Waals surface area contributed by atoms with Gasteiger partial charge in [-0.25, -0.2) is 8.42 Å². The standard InChI is InChI=1S/C23H20N2O3S/c1-29(27,28)18-11-7-10-17(14-18)25-22(16-8-3-2-4-9-16)23(26)20-15-24-21-13-6-5-12-19(20)21/h2-15,22,24-25H,1H3. The molecule has 2 N–H and O–H groups in total. The summed E-state index contributed by atoms with van der Waals surface area (Å²) in [4.78, 5) is 16.8. The Morgan fingerprint density at radius 2 is 1.66 bits per heavy atom. The van der Waals surface area contributed by atoms with Gasteiger partial charge in [-0.1, -0.05) is 54.6 Å². The Morgan fingerprint density at radius 3 is 2.41 bits per heavy atom. The van der Waals surface area contributed by atoms with Gasteiger partial charge in [0.2, 0.25) is 0 Å². The number of para-hydroxylation sites is 1.